The van der Waals surface area contributed by atoms with Crippen molar-refractivity contribution in [1.29, 1.82) is 0 Å². The number of ether oxygens (including phenoxy) is 1. The number of nitrogens with one attached hydrogen (secondary N) is 1. The Morgan fingerprint density at radius 2 is 2.31 bits per heavy atom. The van der Waals surface area contributed by atoms with Crippen molar-refractivity contribution in [3.63, 3.8) is 0 Å². The van der Waals surface area contributed by atoms with Gasteiger partial charge >= 0.3 is 6.09 Å². The topological polar surface area (TPSA) is 58.6 Å². The highest BCUT2D eigenvalue weighted by atomic mass is 19.1. The van der Waals surface area contributed by atoms with Crippen LogP contribution in [0.5, 0.6) is 0 Å². The Bertz CT molecular complexity index is 344. The van der Waals surface area contributed by atoms with Crippen LogP contribution in [0.1, 0.15) is 5.56 Å². The van der Waals surface area contributed by atoms with Crippen LogP contribution in [-0.2, 0) is 11.2 Å². The summed E-state index contributed by atoms with van der Waals surface area (Å²) in [5.74, 6) is -0.291. The van der Waals surface area contributed by atoms with Gasteiger partial charge in [0.15, 0.2) is 0 Å². The van der Waals surface area contributed by atoms with E-state index < -0.39 is 6.09 Å². The monoisotopic (exact) mass is 227 g/mol. The molecular formula is C11H14FNO3. The fourth-order valence-electron chi connectivity index (χ4n) is 1.19. The maximum absolute atomic E-state index is 12.8. The Morgan fingerprint density at radius 1 is 1.50 bits per heavy atom. The van der Waals surface area contributed by atoms with Gasteiger partial charge in [-0.1, -0.05) is 12.1 Å². The van der Waals surface area contributed by atoms with E-state index in [0.29, 0.717) is 13.0 Å². The van der Waals surface area contributed by atoms with Crippen LogP contribution in [-0.4, -0.2) is 31.0 Å². The van der Waals surface area contributed by atoms with Crippen LogP contribution in [0.3, 0.4) is 0 Å². The Balaban J connectivity index is 2.22. The zero-order valence-corrected chi connectivity index (χ0v) is 8.78. The maximum Gasteiger partial charge on any atom is 0.407 e. The molecule has 0 bridgehead atoms. The highest BCUT2D eigenvalue weighted by Crippen LogP contribution is 2.03. The SMILES string of the molecule is O=C(NCCc1cccc(F)c1)OCCO. The van der Waals surface area contributed by atoms with E-state index in [1.54, 1.807) is 12.1 Å². The van der Waals surface area contributed by atoms with Gasteiger partial charge in [-0.05, 0) is 24.1 Å². The zero-order chi connectivity index (χ0) is 11.8. The van der Waals surface area contributed by atoms with Crippen LogP contribution < -0.4 is 5.32 Å². The van der Waals surface area contributed by atoms with E-state index in [1.165, 1.54) is 12.1 Å². The number of carbonyl (C=O) groups is 1. The summed E-state index contributed by atoms with van der Waals surface area (Å²) in [5, 5.41) is 10.9. The second kappa shape index (κ2) is 6.79. The molecule has 0 atom stereocenters. The van der Waals surface area contributed by atoms with E-state index in [4.69, 9.17) is 5.11 Å². The highest BCUT2D eigenvalue weighted by Gasteiger charge is 2.00. The molecule has 0 radical (unpaired) electrons. The number of rotatable bonds is 5. The molecule has 0 aliphatic heterocycles. The molecule has 0 aromatic heterocycles. The lowest BCUT2D eigenvalue weighted by Crippen LogP contribution is -2.27. The summed E-state index contributed by atoms with van der Waals surface area (Å²) in [6.45, 7) is 0.150. The summed E-state index contributed by atoms with van der Waals surface area (Å²) in [6.07, 6.45) is -0.0446. The molecule has 0 unspecified atom stereocenters. The second-order valence-electron chi connectivity index (χ2n) is 3.17. The quantitative estimate of drug-likeness (QED) is 0.791. The average molecular weight is 227 g/mol. The van der Waals surface area contributed by atoms with E-state index in [0.717, 1.165) is 5.56 Å². The number of hydrogen-bond acceptors (Lipinski definition) is 3. The number of alkyl carbamates (subject to hydrolysis) is 1. The lowest BCUT2D eigenvalue weighted by atomic mass is 10.1. The smallest absolute Gasteiger partial charge is 0.407 e. The van der Waals surface area contributed by atoms with Crippen LogP contribution >= 0.6 is 0 Å². The van der Waals surface area contributed by atoms with Crippen molar-refractivity contribution in [2.75, 3.05) is 19.8 Å². The summed E-state index contributed by atoms with van der Waals surface area (Å²) in [5.41, 5.74) is 0.808. The van der Waals surface area contributed by atoms with E-state index in [9.17, 15) is 9.18 Å². The second-order valence-corrected chi connectivity index (χ2v) is 3.17. The number of aliphatic hydroxyl groups excluding tert-OH is 1. The summed E-state index contributed by atoms with van der Waals surface area (Å²) >= 11 is 0. The van der Waals surface area contributed by atoms with Crippen LogP contribution in [0.25, 0.3) is 0 Å². The number of benzene rings is 1. The summed E-state index contributed by atoms with van der Waals surface area (Å²) in [4.78, 5) is 10.9. The summed E-state index contributed by atoms with van der Waals surface area (Å²) < 4.78 is 17.4. The predicted molar refractivity (Wildman–Crippen MR) is 56.5 cm³/mol. The molecular weight excluding hydrogens is 213 g/mol. The number of halogens is 1. The van der Waals surface area contributed by atoms with Crippen molar-refractivity contribution >= 4 is 6.09 Å². The molecule has 0 spiro atoms. The third kappa shape index (κ3) is 4.75. The van der Waals surface area contributed by atoms with Crippen LogP contribution in [0, 0.1) is 5.82 Å². The molecule has 1 aromatic rings. The first kappa shape index (κ1) is 12.4. The summed E-state index contributed by atoms with van der Waals surface area (Å²) in [6, 6.07) is 6.19. The molecule has 1 amide bonds. The van der Waals surface area contributed by atoms with Gasteiger partial charge in [0, 0.05) is 6.54 Å². The Morgan fingerprint density at radius 3 is 3.00 bits per heavy atom. The fraction of sp³-hybridized carbons (Fsp3) is 0.364. The van der Waals surface area contributed by atoms with E-state index in [2.05, 4.69) is 10.1 Å². The highest BCUT2D eigenvalue weighted by molar-refractivity contribution is 5.67. The minimum atomic E-state index is -0.578. The van der Waals surface area contributed by atoms with E-state index >= 15 is 0 Å². The normalized spacial score (nSPS) is 9.88. The molecule has 0 aliphatic carbocycles. The van der Waals surface area contributed by atoms with Crippen molar-refractivity contribution in [2.24, 2.45) is 0 Å². The van der Waals surface area contributed by atoms with E-state index in [-0.39, 0.29) is 19.0 Å². The molecule has 2 N–H and O–H groups in total. The molecule has 4 nitrogen and oxygen atoms in total. The van der Waals surface area contributed by atoms with Gasteiger partial charge in [0.1, 0.15) is 12.4 Å². The van der Waals surface area contributed by atoms with Gasteiger partial charge < -0.3 is 15.2 Å². The molecule has 1 rings (SSSR count). The first-order valence-corrected chi connectivity index (χ1v) is 4.98. The first-order valence-electron chi connectivity index (χ1n) is 4.98. The van der Waals surface area contributed by atoms with Gasteiger partial charge in [-0.3, -0.25) is 0 Å². The Hall–Kier alpha value is -1.62. The van der Waals surface area contributed by atoms with Crippen molar-refractivity contribution < 1.29 is 19.0 Å². The third-order valence-corrected chi connectivity index (χ3v) is 1.90. The van der Waals surface area contributed by atoms with Crippen molar-refractivity contribution in [2.45, 2.75) is 6.42 Å². The maximum atomic E-state index is 12.8. The standard InChI is InChI=1S/C11H14FNO3/c12-10-3-1-2-9(8-10)4-5-13-11(15)16-7-6-14/h1-3,8,14H,4-7H2,(H,13,15). The zero-order valence-electron chi connectivity index (χ0n) is 8.78. The van der Waals surface area contributed by atoms with Crippen LogP contribution in [0.15, 0.2) is 24.3 Å². The number of amides is 1. The minimum Gasteiger partial charge on any atom is -0.447 e. The van der Waals surface area contributed by atoms with Gasteiger partial charge in [-0.15, -0.1) is 0 Å². The Labute approximate surface area is 93.0 Å². The molecule has 0 saturated carbocycles. The Kier molecular flexibility index (Phi) is 5.28. The largest absolute Gasteiger partial charge is 0.447 e. The van der Waals surface area contributed by atoms with E-state index in [1.807, 2.05) is 0 Å². The van der Waals surface area contributed by atoms with Crippen LogP contribution in [0.2, 0.25) is 0 Å². The number of aliphatic hydroxyl groups is 1. The molecule has 0 aliphatic rings. The molecule has 0 saturated heterocycles. The molecule has 5 heteroatoms. The van der Waals surface area contributed by atoms with Gasteiger partial charge in [0.05, 0.1) is 6.61 Å². The summed E-state index contributed by atoms with van der Waals surface area (Å²) in [7, 11) is 0. The lowest BCUT2D eigenvalue weighted by molar-refractivity contribution is 0.119. The number of carbonyl (C=O) groups excluding carboxylic acids is 1. The van der Waals surface area contributed by atoms with Crippen molar-refractivity contribution in [3.8, 4) is 0 Å². The first-order chi connectivity index (χ1) is 7.72. The van der Waals surface area contributed by atoms with Crippen LogP contribution in [0.4, 0.5) is 9.18 Å². The van der Waals surface area contributed by atoms with Gasteiger partial charge in [-0.25, -0.2) is 9.18 Å². The lowest BCUT2D eigenvalue weighted by Gasteiger charge is -2.05. The van der Waals surface area contributed by atoms with Crippen molar-refractivity contribution in [1.82, 2.24) is 5.32 Å². The third-order valence-electron chi connectivity index (χ3n) is 1.90. The number of hydrogen-bond donors (Lipinski definition) is 2. The molecule has 88 valence electrons. The average Bonchev–Trinajstić information content (AvgIpc) is 2.26. The molecule has 1 aromatic carbocycles. The van der Waals surface area contributed by atoms with Gasteiger partial charge in [0.25, 0.3) is 0 Å². The fourth-order valence-corrected chi connectivity index (χ4v) is 1.19. The molecule has 0 heterocycles. The molecule has 16 heavy (non-hydrogen) atoms. The minimum absolute atomic E-state index is 0.0220. The predicted octanol–water partition coefficient (Wildman–Crippen LogP) is 1.09. The van der Waals surface area contributed by atoms with Gasteiger partial charge in [0.2, 0.25) is 0 Å². The molecule has 0 fully saturated rings. The van der Waals surface area contributed by atoms with Crippen molar-refractivity contribution in [3.05, 3.63) is 35.6 Å². The van der Waals surface area contributed by atoms with Gasteiger partial charge in [-0.2, -0.15) is 0 Å².